The fourth-order valence-corrected chi connectivity index (χ4v) is 1.53. The molecule has 1 nitrogen and oxygen atoms in total. The summed E-state index contributed by atoms with van der Waals surface area (Å²) in [6, 6.07) is 7.69. The lowest BCUT2D eigenvalue weighted by Crippen LogP contribution is -2.03. The smallest absolute Gasteiger partial charge is 0.192 e. The van der Waals surface area contributed by atoms with E-state index in [9.17, 15) is 4.79 Å². The number of hydrogen-bond donors (Lipinski definition) is 0. The zero-order valence-corrected chi connectivity index (χ0v) is 14.2. The van der Waals surface area contributed by atoms with Crippen LogP contribution in [0.4, 0.5) is 0 Å². The van der Waals surface area contributed by atoms with Crippen LogP contribution in [0.25, 0.3) is 0 Å². The van der Waals surface area contributed by atoms with Gasteiger partial charge in [0.05, 0.1) is 0 Å². The summed E-state index contributed by atoms with van der Waals surface area (Å²) in [5, 5.41) is 0. The number of carbonyl (C=O) groups is 1. The van der Waals surface area contributed by atoms with E-state index in [-0.39, 0.29) is 5.78 Å². The monoisotopic (exact) mass is 274 g/mol. The third kappa shape index (κ3) is 7.08. The van der Waals surface area contributed by atoms with Gasteiger partial charge in [-0.1, -0.05) is 77.1 Å². The fourth-order valence-electron chi connectivity index (χ4n) is 1.53. The van der Waals surface area contributed by atoms with E-state index in [4.69, 9.17) is 0 Å². The molecule has 0 aromatic heterocycles. The predicted octanol–water partition coefficient (Wildman–Crippen LogP) is 6.14. The molecule has 1 aromatic carbocycles. The Morgan fingerprint density at radius 1 is 1.10 bits per heavy atom. The molecule has 0 bridgehead atoms. The Hall–Kier alpha value is -1.63. The number of hydrogen-bond acceptors (Lipinski definition) is 1. The van der Waals surface area contributed by atoms with Gasteiger partial charge in [0.15, 0.2) is 5.78 Å². The van der Waals surface area contributed by atoms with Crippen molar-refractivity contribution in [3.8, 4) is 0 Å². The van der Waals surface area contributed by atoms with Gasteiger partial charge in [-0.3, -0.25) is 4.79 Å². The van der Waals surface area contributed by atoms with Crippen molar-refractivity contribution in [3.63, 3.8) is 0 Å². The third-order valence-electron chi connectivity index (χ3n) is 2.50. The minimum atomic E-state index is 0.102. The maximum Gasteiger partial charge on any atom is 0.192 e. The number of ketones is 1. The van der Waals surface area contributed by atoms with E-state index in [1.54, 1.807) is 0 Å². The molecule has 0 aliphatic heterocycles. The van der Waals surface area contributed by atoms with Gasteiger partial charge in [-0.25, -0.2) is 0 Å². The van der Waals surface area contributed by atoms with Crippen LogP contribution in [0.2, 0.25) is 0 Å². The standard InChI is InChI=1S/C15H18O.2C2H6/c1-4-6-10-13(5-2)15(16)14-11-8-7-9-12(14)3;2*1-2/h5-11H,4H2,1-3H3;2*1-2H3/b10-6-,13-5+;;. The fraction of sp³-hybridized carbons (Fsp3) is 0.421. The van der Waals surface area contributed by atoms with Crippen molar-refractivity contribution >= 4 is 5.78 Å². The van der Waals surface area contributed by atoms with Crippen molar-refractivity contribution in [1.82, 2.24) is 0 Å². The Morgan fingerprint density at radius 2 is 1.65 bits per heavy atom. The van der Waals surface area contributed by atoms with E-state index in [0.29, 0.717) is 0 Å². The summed E-state index contributed by atoms with van der Waals surface area (Å²) in [4.78, 5) is 12.2. The lowest BCUT2D eigenvalue weighted by Gasteiger charge is -2.04. The Kier molecular flexibility index (Phi) is 14.3. The van der Waals surface area contributed by atoms with Crippen LogP contribution in [0.15, 0.2) is 48.1 Å². The number of benzene rings is 1. The second-order valence-corrected chi connectivity index (χ2v) is 3.70. The summed E-state index contributed by atoms with van der Waals surface area (Å²) in [5.41, 5.74) is 2.57. The molecule has 0 N–H and O–H groups in total. The summed E-state index contributed by atoms with van der Waals surface area (Å²) in [7, 11) is 0. The number of rotatable bonds is 4. The number of Topliss-reactive ketones (excluding diaryl/α,β-unsaturated/α-hetero) is 1. The average molecular weight is 274 g/mol. The SMILES string of the molecule is C/C=C(\C=C/CC)C(=O)c1ccccc1C.CC.CC. The normalized spacial score (nSPS) is 10.2. The first-order chi connectivity index (χ1) is 9.70. The molecular formula is C19H30O. The van der Waals surface area contributed by atoms with Crippen molar-refractivity contribution in [2.45, 2.75) is 54.9 Å². The first kappa shape index (κ1) is 20.7. The lowest BCUT2D eigenvalue weighted by molar-refractivity contribution is 0.103. The van der Waals surface area contributed by atoms with Gasteiger partial charge in [0.2, 0.25) is 0 Å². The third-order valence-corrected chi connectivity index (χ3v) is 2.50. The van der Waals surface area contributed by atoms with Crippen LogP contribution in [0, 0.1) is 6.92 Å². The van der Waals surface area contributed by atoms with E-state index in [0.717, 1.165) is 23.1 Å². The molecule has 0 radical (unpaired) electrons. The highest BCUT2D eigenvalue weighted by molar-refractivity contribution is 6.11. The van der Waals surface area contributed by atoms with Crippen LogP contribution in [0.3, 0.4) is 0 Å². The van der Waals surface area contributed by atoms with E-state index in [1.807, 2.05) is 84.0 Å². The molecular weight excluding hydrogens is 244 g/mol. The molecule has 20 heavy (non-hydrogen) atoms. The summed E-state index contributed by atoms with van der Waals surface area (Å²) in [5.74, 6) is 0.102. The van der Waals surface area contributed by atoms with Gasteiger partial charge in [-0.05, 0) is 25.8 Å². The highest BCUT2D eigenvalue weighted by Crippen LogP contribution is 2.14. The van der Waals surface area contributed by atoms with Crippen LogP contribution in [-0.2, 0) is 0 Å². The topological polar surface area (TPSA) is 17.1 Å². The van der Waals surface area contributed by atoms with E-state index in [2.05, 4.69) is 6.92 Å². The first-order valence-electron chi connectivity index (χ1n) is 7.63. The van der Waals surface area contributed by atoms with Gasteiger partial charge >= 0.3 is 0 Å². The first-order valence-corrected chi connectivity index (χ1v) is 7.63. The Morgan fingerprint density at radius 3 is 2.10 bits per heavy atom. The predicted molar refractivity (Wildman–Crippen MR) is 91.4 cm³/mol. The molecule has 1 aromatic rings. The maximum absolute atomic E-state index is 12.2. The minimum Gasteiger partial charge on any atom is -0.289 e. The van der Waals surface area contributed by atoms with Crippen LogP contribution in [-0.4, -0.2) is 5.78 Å². The van der Waals surface area contributed by atoms with Crippen LogP contribution in [0.1, 0.15) is 63.9 Å². The second-order valence-electron chi connectivity index (χ2n) is 3.70. The van der Waals surface area contributed by atoms with Gasteiger partial charge in [-0.2, -0.15) is 0 Å². The molecule has 1 heteroatoms. The largest absolute Gasteiger partial charge is 0.289 e. The van der Waals surface area contributed by atoms with Gasteiger partial charge in [-0.15, -0.1) is 0 Å². The van der Waals surface area contributed by atoms with Crippen molar-refractivity contribution < 1.29 is 4.79 Å². The lowest BCUT2D eigenvalue weighted by atomic mass is 9.98. The molecule has 1 rings (SSSR count). The number of carbonyl (C=O) groups excluding carboxylic acids is 1. The Bertz CT molecular complexity index is 425. The van der Waals surface area contributed by atoms with Crippen molar-refractivity contribution in [2.24, 2.45) is 0 Å². The van der Waals surface area contributed by atoms with E-state index in [1.165, 1.54) is 0 Å². The molecule has 0 fully saturated rings. The molecule has 0 amide bonds. The summed E-state index contributed by atoms with van der Waals surface area (Å²) >= 11 is 0. The van der Waals surface area contributed by atoms with Gasteiger partial charge < -0.3 is 0 Å². The summed E-state index contributed by atoms with van der Waals surface area (Å²) < 4.78 is 0. The van der Waals surface area contributed by atoms with Crippen molar-refractivity contribution in [2.75, 3.05) is 0 Å². The van der Waals surface area contributed by atoms with Crippen LogP contribution >= 0.6 is 0 Å². The highest BCUT2D eigenvalue weighted by atomic mass is 16.1. The zero-order valence-electron chi connectivity index (χ0n) is 14.2. The molecule has 0 unspecified atom stereocenters. The van der Waals surface area contributed by atoms with Crippen molar-refractivity contribution in [3.05, 3.63) is 59.2 Å². The van der Waals surface area contributed by atoms with Crippen LogP contribution < -0.4 is 0 Å². The molecule has 0 saturated heterocycles. The van der Waals surface area contributed by atoms with Crippen molar-refractivity contribution in [1.29, 1.82) is 0 Å². The molecule has 0 atom stereocenters. The van der Waals surface area contributed by atoms with Gasteiger partial charge in [0, 0.05) is 11.1 Å². The minimum absolute atomic E-state index is 0.102. The summed E-state index contributed by atoms with van der Waals surface area (Å²) in [6.45, 7) is 13.9. The quantitative estimate of drug-likeness (QED) is 0.366. The molecule has 0 spiro atoms. The van der Waals surface area contributed by atoms with Gasteiger partial charge in [0.1, 0.15) is 0 Å². The average Bonchev–Trinajstić information content (AvgIpc) is 2.52. The molecule has 0 heterocycles. The molecule has 0 saturated carbocycles. The Balaban J connectivity index is 0. The molecule has 112 valence electrons. The number of aryl methyl sites for hydroxylation is 1. The second kappa shape index (κ2) is 13.8. The highest BCUT2D eigenvalue weighted by Gasteiger charge is 2.10. The molecule has 0 aliphatic carbocycles. The molecule has 0 aliphatic rings. The van der Waals surface area contributed by atoms with Gasteiger partial charge in [0.25, 0.3) is 0 Å². The number of allylic oxidation sites excluding steroid dienone is 4. The van der Waals surface area contributed by atoms with E-state index >= 15 is 0 Å². The zero-order chi connectivity index (χ0) is 16.0. The Labute approximate surface area is 125 Å². The van der Waals surface area contributed by atoms with Crippen LogP contribution in [0.5, 0.6) is 0 Å². The van der Waals surface area contributed by atoms with E-state index < -0.39 is 0 Å². The summed E-state index contributed by atoms with van der Waals surface area (Å²) in [6.07, 6.45) is 6.71. The maximum atomic E-state index is 12.2.